The third-order valence-electron chi connectivity index (χ3n) is 4.01. The first kappa shape index (κ1) is 13.4. The van der Waals surface area contributed by atoms with E-state index in [1.165, 1.54) is 0 Å². The van der Waals surface area contributed by atoms with Crippen LogP contribution in [0.15, 0.2) is 0 Å². The Labute approximate surface area is 109 Å². The first-order valence-corrected chi connectivity index (χ1v) is 7.29. The van der Waals surface area contributed by atoms with Gasteiger partial charge < -0.3 is 9.80 Å². The topological polar surface area (TPSA) is 40.6 Å². The summed E-state index contributed by atoms with van der Waals surface area (Å²) in [6.07, 6.45) is 6.06. The molecule has 0 saturated carbocycles. The van der Waals surface area contributed by atoms with Gasteiger partial charge in [-0.05, 0) is 19.3 Å². The van der Waals surface area contributed by atoms with Crippen molar-refractivity contribution in [1.29, 1.82) is 0 Å². The van der Waals surface area contributed by atoms with Gasteiger partial charge in [-0.2, -0.15) is 0 Å². The molecule has 102 valence electrons. The predicted molar refractivity (Wildman–Crippen MR) is 70.0 cm³/mol. The van der Waals surface area contributed by atoms with Crippen molar-refractivity contribution in [3.63, 3.8) is 0 Å². The molecule has 0 aromatic carbocycles. The molecule has 1 atom stereocenters. The van der Waals surface area contributed by atoms with Crippen LogP contribution in [0.25, 0.3) is 0 Å². The van der Waals surface area contributed by atoms with Crippen molar-refractivity contribution in [2.75, 3.05) is 26.2 Å². The minimum Gasteiger partial charge on any atom is -0.342 e. The Morgan fingerprint density at radius 1 is 1.28 bits per heavy atom. The number of amides is 2. The minimum atomic E-state index is -0.0720. The van der Waals surface area contributed by atoms with Gasteiger partial charge in [-0.15, -0.1) is 0 Å². The average molecular weight is 252 g/mol. The summed E-state index contributed by atoms with van der Waals surface area (Å²) in [7, 11) is 0. The van der Waals surface area contributed by atoms with Crippen LogP contribution in [0.5, 0.6) is 0 Å². The van der Waals surface area contributed by atoms with Gasteiger partial charge in [0.15, 0.2) is 0 Å². The van der Waals surface area contributed by atoms with E-state index in [4.69, 9.17) is 0 Å². The van der Waals surface area contributed by atoms with E-state index < -0.39 is 0 Å². The van der Waals surface area contributed by atoms with Crippen LogP contribution in [0.3, 0.4) is 0 Å². The molecule has 2 aliphatic rings. The van der Waals surface area contributed by atoms with E-state index in [0.29, 0.717) is 13.0 Å². The second kappa shape index (κ2) is 6.21. The molecule has 4 heteroatoms. The second-order valence-electron chi connectivity index (χ2n) is 5.48. The third kappa shape index (κ3) is 3.03. The van der Waals surface area contributed by atoms with Crippen LogP contribution in [0.4, 0.5) is 0 Å². The van der Waals surface area contributed by atoms with Crippen molar-refractivity contribution in [3.05, 3.63) is 0 Å². The normalized spacial score (nSPS) is 24.1. The fraction of sp³-hybridized carbons (Fsp3) is 0.857. The van der Waals surface area contributed by atoms with Gasteiger partial charge in [-0.25, -0.2) is 0 Å². The molecule has 0 spiro atoms. The highest BCUT2D eigenvalue weighted by Crippen LogP contribution is 2.22. The number of hydrogen-bond donors (Lipinski definition) is 0. The molecule has 4 nitrogen and oxygen atoms in total. The number of nitrogens with zero attached hydrogens (tertiary/aromatic N) is 2. The third-order valence-corrected chi connectivity index (χ3v) is 4.01. The largest absolute Gasteiger partial charge is 0.342 e. The lowest BCUT2D eigenvalue weighted by atomic mass is 10.1. The van der Waals surface area contributed by atoms with Crippen molar-refractivity contribution in [3.8, 4) is 0 Å². The summed E-state index contributed by atoms with van der Waals surface area (Å²) in [5.41, 5.74) is 0. The van der Waals surface area contributed by atoms with Crippen molar-refractivity contribution in [1.82, 2.24) is 9.80 Å². The Bertz CT molecular complexity index is 311. The molecule has 2 heterocycles. The van der Waals surface area contributed by atoms with E-state index in [1.807, 2.05) is 9.80 Å². The van der Waals surface area contributed by atoms with Crippen LogP contribution < -0.4 is 0 Å². The zero-order chi connectivity index (χ0) is 13.0. The number of carbonyl (C=O) groups excluding carboxylic acids is 2. The van der Waals surface area contributed by atoms with Crippen LogP contribution in [0, 0.1) is 5.92 Å². The monoisotopic (exact) mass is 252 g/mol. The molecule has 2 rings (SSSR count). The van der Waals surface area contributed by atoms with E-state index in [-0.39, 0.29) is 17.7 Å². The van der Waals surface area contributed by atoms with Gasteiger partial charge in [0.05, 0.1) is 5.92 Å². The molecule has 18 heavy (non-hydrogen) atoms. The molecule has 0 bridgehead atoms. The molecule has 2 amide bonds. The van der Waals surface area contributed by atoms with Gasteiger partial charge in [0.1, 0.15) is 0 Å². The lowest BCUT2D eigenvalue weighted by molar-refractivity contribution is -0.134. The maximum absolute atomic E-state index is 12.2. The number of hydrogen-bond acceptors (Lipinski definition) is 2. The molecule has 0 N–H and O–H groups in total. The van der Waals surface area contributed by atoms with E-state index in [9.17, 15) is 9.59 Å². The molecular weight excluding hydrogens is 228 g/mol. The van der Waals surface area contributed by atoms with Crippen molar-refractivity contribution < 1.29 is 9.59 Å². The van der Waals surface area contributed by atoms with Crippen molar-refractivity contribution in [2.24, 2.45) is 5.92 Å². The molecule has 0 aliphatic carbocycles. The summed E-state index contributed by atoms with van der Waals surface area (Å²) >= 11 is 0. The maximum Gasteiger partial charge on any atom is 0.227 e. The Kier molecular flexibility index (Phi) is 4.61. The molecule has 2 fully saturated rings. The Morgan fingerprint density at radius 2 is 2.00 bits per heavy atom. The number of carbonyl (C=O) groups is 2. The van der Waals surface area contributed by atoms with Crippen LogP contribution in [-0.2, 0) is 9.59 Å². The Balaban J connectivity index is 1.81. The van der Waals surface area contributed by atoms with Crippen LogP contribution in [0.1, 0.15) is 45.4 Å². The molecule has 2 aliphatic heterocycles. The fourth-order valence-electron chi connectivity index (χ4n) is 2.90. The Hall–Kier alpha value is -1.06. The highest BCUT2D eigenvalue weighted by atomic mass is 16.2. The average Bonchev–Trinajstić information content (AvgIpc) is 2.99. The van der Waals surface area contributed by atoms with Gasteiger partial charge in [0.25, 0.3) is 0 Å². The highest BCUT2D eigenvalue weighted by Gasteiger charge is 2.36. The minimum absolute atomic E-state index is 0.0720. The molecular formula is C14H24N2O2. The fourth-order valence-corrected chi connectivity index (χ4v) is 2.90. The lowest BCUT2D eigenvalue weighted by Crippen LogP contribution is -2.35. The van der Waals surface area contributed by atoms with Gasteiger partial charge in [0, 0.05) is 32.6 Å². The summed E-state index contributed by atoms with van der Waals surface area (Å²) in [4.78, 5) is 27.9. The zero-order valence-corrected chi connectivity index (χ0v) is 11.4. The summed E-state index contributed by atoms with van der Waals surface area (Å²) < 4.78 is 0. The van der Waals surface area contributed by atoms with Gasteiger partial charge in [0.2, 0.25) is 11.8 Å². The van der Waals surface area contributed by atoms with Gasteiger partial charge in [-0.1, -0.05) is 19.8 Å². The van der Waals surface area contributed by atoms with Crippen LogP contribution in [0.2, 0.25) is 0 Å². The molecule has 0 radical (unpaired) electrons. The van der Waals surface area contributed by atoms with Crippen molar-refractivity contribution in [2.45, 2.75) is 45.4 Å². The van der Waals surface area contributed by atoms with Crippen LogP contribution in [-0.4, -0.2) is 47.8 Å². The summed E-state index contributed by atoms with van der Waals surface area (Å²) in [5.74, 6) is 0.305. The zero-order valence-electron chi connectivity index (χ0n) is 11.4. The van der Waals surface area contributed by atoms with E-state index in [2.05, 4.69) is 6.92 Å². The highest BCUT2D eigenvalue weighted by molar-refractivity contribution is 5.89. The van der Waals surface area contributed by atoms with Crippen LogP contribution >= 0.6 is 0 Å². The standard InChI is InChI=1S/C14H24N2O2/c1-2-3-4-9-16-11-12(10-13(16)17)14(18)15-7-5-6-8-15/h12H,2-11H2,1H3. The molecule has 0 aromatic heterocycles. The van der Waals surface area contributed by atoms with Gasteiger partial charge >= 0.3 is 0 Å². The van der Waals surface area contributed by atoms with Gasteiger partial charge in [-0.3, -0.25) is 9.59 Å². The molecule has 2 saturated heterocycles. The summed E-state index contributed by atoms with van der Waals surface area (Å²) in [6.45, 7) is 5.42. The molecule has 0 aromatic rings. The quantitative estimate of drug-likeness (QED) is 0.698. The smallest absolute Gasteiger partial charge is 0.227 e. The van der Waals surface area contributed by atoms with E-state index >= 15 is 0 Å². The second-order valence-corrected chi connectivity index (χ2v) is 5.48. The van der Waals surface area contributed by atoms with E-state index in [0.717, 1.165) is 51.7 Å². The maximum atomic E-state index is 12.2. The number of unbranched alkanes of at least 4 members (excludes halogenated alkanes) is 2. The summed E-state index contributed by atoms with van der Waals surface area (Å²) in [6, 6.07) is 0. The number of rotatable bonds is 5. The number of likely N-dealkylation sites (tertiary alicyclic amines) is 2. The van der Waals surface area contributed by atoms with E-state index in [1.54, 1.807) is 0 Å². The first-order chi connectivity index (χ1) is 8.72. The summed E-state index contributed by atoms with van der Waals surface area (Å²) in [5, 5.41) is 0. The first-order valence-electron chi connectivity index (χ1n) is 7.29. The molecule has 1 unspecified atom stereocenters. The Morgan fingerprint density at radius 3 is 2.67 bits per heavy atom. The lowest BCUT2D eigenvalue weighted by Gasteiger charge is -2.20. The van der Waals surface area contributed by atoms with Crippen molar-refractivity contribution >= 4 is 11.8 Å². The SMILES string of the molecule is CCCCCN1CC(C(=O)N2CCCC2)CC1=O. The predicted octanol–water partition coefficient (Wildman–Crippen LogP) is 1.65.